The van der Waals surface area contributed by atoms with Gasteiger partial charge in [-0.1, -0.05) is 0 Å². The fourth-order valence-electron chi connectivity index (χ4n) is 1.54. The quantitative estimate of drug-likeness (QED) is 0.884. The Balaban J connectivity index is 2.12. The summed E-state index contributed by atoms with van der Waals surface area (Å²) in [7, 11) is 0. The molecule has 1 unspecified atom stereocenters. The van der Waals surface area contributed by atoms with E-state index in [2.05, 4.69) is 27.3 Å². The highest BCUT2D eigenvalue weighted by molar-refractivity contribution is 9.11. The Morgan fingerprint density at radius 3 is 3.00 bits per heavy atom. The Kier molecular flexibility index (Phi) is 2.78. The maximum Gasteiger partial charge on any atom is 0.318 e. The molecule has 1 fully saturated rings. The number of nitrogens with zero attached hydrogens (tertiary/aromatic N) is 1. The second-order valence-corrected chi connectivity index (χ2v) is 5.68. The number of hydrogen-bond donors (Lipinski definition) is 1. The molecule has 2 amide bonds. The molecule has 2 rings (SSSR count). The van der Waals surface area contributed by atoms with Crippen molar-refractivity contribution < 1.29 is 4.79 Å². The first-order valence-electron chi connectivity index (χ1n) is 4.51. The number of likely N-dealkylation sites (N-methyl/N-ethyl adjacent to an activating group) is 1. The molecular formula is C9H11BrN2OS. The predicted octanol–water partition coefficient (Wildman–Crippen LogP) is 2.60. The maximum atomic E-state index is 11.4. The van der Waals surface area contributed by atoms with Crippen LogP contribution in [-0.4, -0.2) is 24.0 Å². The van der Waals surface area contributed by atoms with Gasteiger partial charge >= 0.3 is 6.03 Å². The van der Waals surface area contributed by atoms with Gasteiger partial charge in [0.2, 0.25) is 0 Å². The molecule has 1 aromatic rings. The summed E-state index contributed by atoms with van der Waals surface area (Å²) >= 11 is 5.09. The summed E-state index contributed by atoms with van der Waals surface area (Å²) < 4.78 is 1.11. The molecule has 3 nitrogen and oxygen atoms in total. The molecule has 1 aliphatic heterocycles. The molecule has 1 aliphatic rings. The van der Waals surface area contributed by atoms with Crippen molar-refractivity contribution in [2.24, 2.45) is 0 Å². The smallest absolute Gasteiger partial charge is 0.318 e. The third-order valence-corrected chi connectivity index (χ3v) is 4.04. The first-order chi connectivity index (χ1) is 6.70. The molecule has 2 heterocycles. The average molecular weight is 275 g/mol. The molecule has 14 heavy (non-hydrogen) atoms. The third-order valence-electron chi connectivity index (χ3n) is 2.31. The van der Waals surface area contributed by atoms with E-state index in [1.54, 1.807) is 11.3 Å². The van der Waals surface area contributed by atoms with E-state index in [4.69, 9.17) is 0 Å². The Bertz CT molecular complexity index is 352. The molecule has 0 bridgehead atoms. The predicted molar refractivity (Wildman–Crippen MR) is 60.5 cm³/mol. The van der Waals surface area contributed by atoms with Crippen LogP contribution in [0.25, 0.3) is 0 Å². The van der Waals surface area contributed by atoms with Gasteiger partial charge in [0, 0.05) is 18.0 Å². The van der Waals surface area contributed by atoms with Crippen molar-refractivity contribution in [2.75, 3.05) is 13.1 Å². The van der Waals surface area contributed by atoms with Crippen LogP contribution in [0.5, 0.6) is 0 Å². The molecule has 0 aromatic carbocycles. The topological polar surface area (TPSA) is 32.3 Å². The van der Waals surface area contributed by atoms with E-state index in [1.807, 2.05) is 17.9 Å². The number of carbonyl (C=O) groups is 1. The lowest BCUT2D eigenvalue weighted by Crippen LogP contribution is -2.27. The van der Waals surface area contributed by atoms with Gasteiger partial charge in [0.05, 0.1) is 9.83 Å². The number of carbonyl (C=O) groups excluding carboxylic acids is 1. The highest BCUT2D eigenvalue weighted by atomic mass is 79.9. The van der Waals surface area contributed by atoms with Crippen molar-refractivity contribution in [3.05, 3.63) is 20.8 Å². The minimum atomic E-state index is 0.0435. The number of urea groups is 1. The number of rotatable bonds is 2. The molecule has 0 saturated carbocycles. The summed E-state index contributed by atoms with van der Waals surface area (Å²) in [6, 6.07) is 4.28. The Hall–Kier alpha value is -0.550. The third kappa shape index (κ3) is 1.79. The van der Waals surface area contributed by atoms with Crippen molar-refractivity contribution in [1.82, 2.24) is 10.2 Å². The van der Waals surface area contributed by atoms with Crippen LogP contribution in [-0.2, 0) is 0 Å². The minimum Gasteiger partial charge on any atom is -0.329 e. The van der Waals surface area contributed by atoms with Gasteiger partial charge in [-0.3, -0.25) is 0 Å². The fraction of sp³-hybridized carbons (Fsp3) is 0.444. The summed E-state index contributed by atoms with van der Waals surface area (Å²) in [4.78, 5) is 14.4. The van der Waals surface area contributed by atoms with Gasteiger partial charge < -0.3 is 10.2 Å². The lowest BCUT2D eigenvalue weighted by Gasteiger charge is -2.09. The zero-order valence-corrected chi connectivity index (χ0v) is 10.2. The standard InChI is InChI=1S/C9H11BrN2OS/c1-2-12-5-6(11-9(12)13)7-3-4-8(10)14-7/h3-4,6H,2,5H2,1H3,(H,11,13). The zero-order chi connectivity index (χ0) is 10.1. The summed E-state index contributed by atoms with van der Waals surface area (Å²) in [6.45, 7) is 3.55. The van der Waals surface area contributed by atoms with Crippen molar-refractivity contribution >= 4 is 33.3 Å². The van der Waals surface area contributed by atoms with Crippen molar-refractivity contribution in [1.29, 1.82) is 0 Å². The van der Waals surface area contributed by atoms with Crippen LogP contribution in [0.2, 0.25) is 0 Å². The molecule has 76 valence electrons. The van der Waals surface area contributed by atoms with Crippen molar-refractivity contribution in [3.8, 4) is 0 Å². The molecule has 1 N–H and O–H groups in total. The van der Waals surface area contributed by atoms with E-state index >= 15 is 0 Å². The SMILES string of the molecule is CCN1CC(c2ccc(Br)s2)NC1=O. The van der Waals surface area contributed by atoms with Crippen molar-refractivity contribution in [3.63, 3.8) is 0 Å². The van der Waals surface area contributed by atoms with Crippen LogP contribution in [0.15, 0.2) is 15.9 Å². The summed E-state index contributed by atoms with van der Waals surface area (Å²) in [5, 5.41) is 2.96. The first kappa shape index (κ1) is 9.98. The average Bonchev–Trinajstić information content (AvgIpc) is 2.71. The van der Waals surface area contributed by atoms with Gasteiger partial charge in [-0.25, -0.2) is 4.79 Å². The van der Waals surface area contributed by atoms with Crippen LogP contribution in [0.3, 0.4) is 0 Å². The zero-order valence-electron chi connectivity index (χ0n) is 7.79. The normalized spacial score (nSPS) is 21.4. The second kappa shape index (κ2) is 3.90. The number of halogens is 1. The van der Waals surface area contributed by atoms with Gasteiger partial charge in [-0.05, 0) is 35.0 Å². The fourth-order valence-corrected chi connectivity index (χ4v) is 3.00. The van der Waals surface area contributed by atoms with E-state index in [9.17, 15) is 4.79 Å². The number of amides is 2. The van der Waals surface area contributed by atoms with E-state index in [0.29, 0.717) is 0 Å². The van der Waals surface area contributed by atoms with Crippen LogP contribution < -0.4 is 5.32 Å². The van der Waals surface area contributed by atoms with Gasteiger partial charge in [0.25, 0.3) is 0 Å². The van der Waals surface area contributed by atoms with Crippen molar-refractivity contribution in [2.45, 2.75) is 13.0 Å². The molecule has 0 aliphatic carbocycles. The van der Waals surface area contributed by atoms with E-state index < -0.39 is 0 Å². The van der Waals surface area contributed by atoms with Crippen LogP contribution >= 0.6 is 27.3 Å². The molecule has 1 aromatic heterocycles. The molecular weight excluding hydrogens is 264 g/mol. The van der Waals surface area contributed by atoms with Gasteiger partial charge in [0.15, 0.2) is 0 Å². The number of thiophene rings is 1. The minimum absolute atomic E-state index is 0.0435. The van der Waals surface area contributed by atoms with E-state index in [1.165, 1.54) is 4.88 Å². The first-order valence-corrected chi connectivity index (χ1v) is 6.12. The highest BCUT2D eigenvalue weighted by Gasteiger charge is 2.29. The van der Waals surface area contributed by atoms with Gasteiger partial charge in [0.1, 0.15) is 0 Å². The molecule has 5 heteroatoms. The van der Waals surface area contributed by atoms with Gasteiger partial charge in [-0.2, -0.15) is 0 Å². The molecule has 1 atom stereocenters. The van der Waals surface area contributed by atoms with Crippen LogP contribution in [0.1, 0.15) is 17.8 Å². The molecule has 0 radical (unpaired) electrons. The summed E-state index contributed by atoms with van der Waals surface area (Å²) in [5.41, 5.74) is 0. The van der Waals surface area contributed by atoms with Crippen LogP contribution in [0.4, 0.5) is 4.79 Å². The Morgan fingerprint density at radius 2 is 2.50 bits per heavy atom. The summed E-state index contributed by atoms with van der Waals surface area (Å²) in [5.74, 6) is 0. The number of nitrogens with one attached hydrogen (secondary N) is 1. The van der Waals surface area contributed by atoms with Gasteiger partial charge in [-0.15, -0.1) is 11.3 Å². The van der Waals surface area contributed by atoms with E-state index in [-0.39, 0.29) is 12.1 Å². The Labute approximate surface area is 95.2 Å². The largest absolute Gasteiger partial charge is 0.329 e. The Morgan fingerprint density at radius 1 is 1.71 bits per heavy atom. The molecule has 1 saturated heterocycles. The molecule has 0 spiro atoms. The highest BCUT2D eigenvalue weighted by Crippen LogP contribution is 2.29. The lowest BCUT2D eigenvalue weighted by atomic mass is 10.2. The summed E-state index contributed by atoms with van der Waals surface area (Å²) in [6.07, 6.45) is 0. The second-order valence-electron chi connectivity index (χ2n) is 3.18. The monoisotopic (exact) mass is 274 g/mol. The lowest BCUT2D eigenvalue weighted by molar-refractivity contribution is 0.219. The van der Waals surface area contributed by atoms with E-state index in [0.717, 1.165) is 16.9 Å². The van der Waals surface area contributed by atoms with Crippen LogP contribution in [0, 0.1) is 0 Å². The number of hydrogen-bond acceptors (Lipinski definition) is 2. The maximum absolute atomic E-state index is 11.4.